The average Bonchev–Trinajstić information content (AvgIpc) is 2.83. The average molecular weight is 579 g/mol. The Morgan fingerprint density at radius 2 is 1.75 bits per heavy atom. The van der Waals surface area contributed by atoms with E-state index in [4.69, 9.17) is 0 Å². The molecule has 0 heterocycles. The van der Waals surface area contributed by atoms with Gasteiger partial charge in [0.1, 0.15) is 12.6 Å². The number of sulfonamides is 1. The number of carbonyl (C=O) groups is 2. The van der Waals surface area contributed by atoms with E-state index in [9.17, 15) is 18.0 Å². The SMILES string of the molecule is CCC(C(=O)NC1CCCCC1)N(Cc1cccc(C)c1)C(=O)CN(c1ccc(Br)cc1)S(C)(=O)=O. The molecule has 3 rings (SSSR count). The lowest BCUT2D eigenvalue weighted by atomic mass is 9.95. The first kappa shape index (κ1) is 28.2. The minimum absolute atomic E-state index is 0.117. The van der Waals surface area contributed by atoms with Crippen LogP contribution in [0.4, 0.5) is 5.69 Å². The number of hydrogen-bond acceptors (Lipinski definition) is 4. The lowest BCUT2D eigenvalue weighted by molar-refractivity contribution is -0.140. The minimum atomic E-state index is -3.74. The molecule has 0 spiro atoms. The molecular weight excluding hydrogens is 542 g/mol. The van der Waals surface area contributed by atoms with Crippen LogP contribution in [0.15, 0.2) is 53.0 Å². The Morgan fingerprint density at radius 1 is 1.08 bits per heavy atom. The van der Waals surface area contributed by atoms with Crippen molar-refractivity contribution in [3.05, 3.63) is 64.1 Å². The molecule has 0 radical (unpaired) electrons. The molecule has 1 aliphatic rings. The van der Waals surface area contributed by atoms with E-state index in [2.05, 4.69) is 21.2 Å². The van der Waals surface area contributed by atoms with E-state index in [1.165, 1.54) is 11.3 Å². The smallest absolute Gasteiger partial charge is 0.244 e. The summed E-state index contributed by atoms with van der Waals surface area (Å²) in [6.45, 7) is 3.68. The monoisotopic (exact) mass is 577 g/mol. The van der Waals surface area contributed by atoms with Crippen LogP contribution in [0.2, 0.25) is 0 Å². The maximum atomic E-state index is 13.8. The zero-order chi connectivity index (χ0) is 26.3. The number of amides is 2. The van der Waals surface area contributed by atoms with Gasteiger partial charge in [-0.2, -0.15) is 0 Å². The van der Waals surface area contributed by atoms with Gasteiger partial charge < -0.3 is 10.2 Å². The fraction of sp³-hybridized carbons (Fsp3) is 0.481. The molecule has 9 heteroatoms. The van der Waals surface area contributed by atoms with Gasteiger partial charge in [0.2, 0.25) is 21.8 Å². The third kappa shape index (κ3) is 7.80. The van der Waals surface area contributed by atoms with Crippen LogP contribution in [0.5, 0.6) is 0 Å². The first-order valence-corrected chi connectivity index (χ1v) is 15.1. The van der Waals surface area contributed by atoms with E-state index in [1.54, 1.807) is 24.3 Å². The fourth-order valence-electron chi connectivity index (χ4n) is 4.69. The molecule has 7 nitrogen and oxygen atoms in total. The molecule has 1 atom stereocenters. The Balaban J connectivity index is 1.90. The second-order valence-corrected chi connectivity index (χ2v) is 12.3. The molecule has 0 saturated heterocycles. The minimum Gasteiger partial charge on any atom is -0.352 e. The van der Waals surface area contributed by atoms with E-state index < -0.39 is 22.0 Å². The van der Waals surface area contributed by atoms with Crippen molar-refractivity contribution in [2.24, 2.45) is 0 Å². The van der Waals surface area contributed by atoms with Crippen molar-refractivity contribution in [3.63, 3.8) is 0 Å². The normalized spacial score (nSPS) is 15.2. The van der Waals surface area contributed by atoms with Gasteiger partial charge in [0.25, 0.3) is 0 Å². The third-order valence-corrected chi connectivity index (χ3v) is 8.24. The first-order chi connectivity index (χ1) is 17.1. The van der Waals surface area contributed by atoms with Gasteiger partial charge in [-0.3, -0.25) is 13.9 Å². The third-order valence-electron chi connectivity index (χ3n) is 6.57. The molecule has 2 amide bonds. The van der Waals surface area contributed by atoms with Gasteiger partial charge in [-0.15, -0.1) is 0 Å². The number of nitrogens with one attached hydrogen (secondary N) is 1. The summed E-state index contributed by atoms with van der Waals surface area (Å²) >= 11 is 3.36. The van der Waals surface area contributed by atoms with Crippen molar-refractivity contribution in [1.29, 1.82) is 0 Å². The molecule has 1 unspecified atom stereocenters. The van der Waals surface area contributed by atoms with E-state index in [0.29, 0.717) is 12.1 Å². The summed E-state index contributed by atoms with van der Waals surface area (Å²) in [5.74, 6) is -0.601. The van der Waals surface area contributed by atoms with Gasteiger partial charge in [0.05, 0.1) is 11.9 Å². The molecule has 1 aliphatic carbocycles. The highest BCUT2D eigenvalue weighted by molar-refractivity contribution is 9.10. The van der Waals surface area contributed by atoms with Gasteiger partial charge in [-0.1, -0.05) is 71.9 Å². The predicted molar refractivity (Wildman–Crippen MR) is 147 cm³/mol. The molecule has 2 aromatic carbocycles. The summed E-state index contributed by atoms with van der Waals surface area (Å²) in [5, 5.41) is 3.15. The van der Waals surface area contributed by atoms with Crippen molar-refractivity contribution in [2.45, 2.75) is 71.0 Å². The lowest BCUT2D eigenvalue weighted by Gasteiger charge is -2.34. The van der Waals surface area contributed by atoms with Crippen LogP contribution < -0.4 is 9.62 Å². The Morgan fingerprint density at radius 3 is 2.33 bits per heavy atom. The number of benzene rings is 2. The largest absolute Gasteiger partial charge is 0.352 e. The number of carbonyl (C=O) groups excluding carboxylic acids is 2. The second kappa shape index (κ2) is 12.7. The molecule has 1 fully saturated rings. The molecule has 1 saturated carbocycles. The van der Waals surface area contributed by atoms with Crippen LogP contribution in [0, 0.1) is 6.92 Å². The van der Waals surface area contributed by atoms with Gasteiger partial charge in [0.15, 0.2) is 0 Å². The maximum Gasteiger partial charge on any atom is 0.244 e. The number of aryl methyl sites for hydroxylation is 1. The van der Waals surface area contributed by atoms with Crippen LogP contribution in [-0.2, 0) is 26.2 Å². The van der Waals surface area contributed by atoms with Gasteiger partial charge >= 0.3 is 0 Å². The van der Waals surface area contributed by atoms with Crippen molar-refractivity contribution >= 4 is 43.5 Å². The summed E-state index contributed by atoms with van der Waals surface area (Å²) in [7, 11) is -3.74. The number of rotatable bonds is 10. The summed E-state index contributed by atoms with van der Waals surface area (Å²) in [6.07, 6.45) is 6.75. The number of nitrogens with zero attached hydrogens (tertiary/aromatic N) is 2. The summed E-state index contributed by atoms with van der Waals surface area (Å²) in [6, 6.07) is 14.0. The Bertz CT molecular complexity index is 1150. The number of anilines is 1. The Kier molecular flexibility index (Phi) is 9.96. The van der Waals surface area contributed by atoms with Gasteiger partial charge in [-0.05, 0) is 56.0 Å². The van der Waals surface area contributed by atoms with Gasteiger partial charge in [-0.25, -0.2) is 8.42 Å². The maximum absolute atomic E-state index is 13.8. The quantitative estimate of drug-likeness (QED) is 0.440. The Hall–Kier alpha value is -2.39. The fourth-order valence-corrected chi connectivity index (χ4v) is 5.81. The highest BCUT2D eigenvalue weighted by Gasteiger charge is 2.32. The summed E-state index contributed by atoms with van der Waals surface area (Å²) in [5.41, 5.74) is 2.33. The van der Waals surface area contributed by atoms with E-state index in [0.717, 1.165) is 51.8 Å². The van der Waals surface area contributed by atoms with E-state index >= 15 is 0 Å². The first-order valence-electron chi connectivity index (χ1n) is 12.5. The van der Waals surface area contributed by atoms with E-state index in [1.807, 2.05) is 38.1 Å². The Labute approximate surface area is 223 Å². The second-order valence-electron chi connectivity index (χ2n) is 9.52. The zero-order valence-electron chi connectivity index (χ0n) is 21.2. The van der Waals surface area contributed by atoms with Crippen molar-refractivity contribution in [1.82, 2.24) is 10.2 Å². The van der Waals surface area contributed by atoms with Crippen molar-refractivity contribution in [3.8, 4) is 0 Å². The van der Waals surface area contributed by atoms with Crippen molar-refractivity contribution in [2.75, 3.05) is 17.1 Å². The summed E-state index contributed by atoms with van der Waals surface area (Å²) in [4.78, 5) is 28.7. The highest BCUT2D eigenvalue weighted by Crippen LogP contribution is 2.23. The topological polar surface area (TPSA) is 86.8 Å². The molecule has 0 aromatic heterocycles. The molecule has 0 bridgehead atoms. The number of hydrogen-bond donors (Lipinski definition) is 1. The number of halogens is 1. The van der Waals surface area contributed by atoms with Gasteiger partial charge in [0, 0.05) is 17.1 Å². The zero-order valence-corrected chi connectivity index (χ0v) is 23.6. The molecule has 0 aliphatic heterocycles. The summed E-state index contributed by atoms with van der Waals surface area (Å²) < 4.78 is 27.3. The van der Waals surface area contributed by atoms with Crippen LogP contribution in [-0.4, -0.2) is 50.0 Å². The van der Waals surface area contributed by atoms with Crippen molar-refractivity contribution < 1.29 is 18.0 Å². The molecule has 1 N–H and O–H groups in total. The molecular formula is C27H36BrN3O4S. The molecule has 36 heavy (non-hydrogen) atoms. The van der Waals surface area contributed by atoms with Crippen LogP contribution >= 0.6 is 15.9 Å². The predicted octanol–water partition coefficient (Wildman–Crippen LogP) is 4.78. The molecule has 196 valence electrons. The molecule has 2 aromatic rings. The van der Waals surface area contributed by atoms with Crippen LogP contribution in [0.1, 0.15) is 56.6 Å². The highest BCUT2D eigenvalue weighted by atomic mass is 79.9. The standard InChI is InChI=1S/C27H36BrN3O4S/c1-4-25(27(33)29-23-11-6-5-7-12-23)30(18-21-10-8-9-20(2)17-21)26(32)19-31(36(3,34)35)24-15-13-22(28)14-16-24/h8-10,13-17,23,25H,4-7,11-12,18-19H2,1-3H3,(H,29,33). The lowest BCUT2D eigenvalue weighted by Crippen LogP contribution is -2.53. The van der Waals surface area contributed by atoms with Crippen LogP contribution in [0.3, 0.4) is 0 Å². The van der Waals surface area contributed by atoms with E-state index in [-0.39, 0.29) is 25.0 Å². The van der Waals surface area contributed by atoms with Crippen LogP contribution in [0.25, 0.3) is 0 Å².